The Kier molecular flexibility index (Phi) is 5.48. The van der Waals surface area contributed by atoms with Gasteiger partial charge in [0.25, 0.3) is 0 Å². The molecule has 1 aromatic heterocycles. The van der Waals surface area contributed by atoms with E-state index in [2.05, 4.69) is 56.8 Å². The molecule has 2 aliphatic rings. The zero-order chi connectivity index (χ0) is 23.3. The number of carbonyl (C=O) groups is 1. The molecule has 5 nitrogen and oxygen atoms in total. The van der Waals surface area contributed by atoms with Gasteiger partial charge in [-0.25, -0.2) is 0 Å². The molecule has 2 aromatic rings. The van der Waals surface area contributed by atoms with Gasteiger partial charge in [-0.15, -0.1) is 0 Å². The average Bonchev–Trinajstić information content (AvgIpc) is 2.74. The minimum absolute atomic E-state index is 0.0357. The normalized spacial score (nSPS) is 20.3. The first-order chi connectivity index (χ1) is 15.0. The number of aromatic nitrogens is 1. The number of nitrogens with zero attached hydrogens (tertiary/aromatic N) is 2. The third-order valence-corrected chi connectivity index (χ3v) is 7.26. The maximum atomic E-state index is 12.3. The molecule has 2 aliphatic carbocycles. The lowest BCUT2D eigenvalue weighted by Gasteiger charge is -2.42. The van der Waals surface area contributed by atoms with Gasteiger partial charge in [0.2, 0.25) is 0 Å². The fourth-order valence-electron chi connectivity index (χ4n) is 5.09. The number of rotatable bonds is 3. The van der Waals surface area contributed by atoms with Crippen LogP contribution in [0, 0.1) is 6.92 Å². The van der Waals surface area contributed by atoms with Crippen molar-refractivity contribution in [3.63, 3.8) is 0 Å². The number of Topliss-reactive ketones (excluding diaryl/α,β-unsaturated/α-hetero) is 1. The quantitative estimate of drug-likeness (QED) is 0.383. The summed E-state index contributed by atoms with van der Waals surface area (Å²) in [5, 5.41) is 14.3. The van der Waals surface area contributed by atoms with Crippen LogP contribution in [0.4, 0.5) is 0 Å². The fourth-order valence-corrected chi connectivity index (χ4v) is 5.09. The van der Waals surface area contributed by atoms with Gasteiger partial charge >= 0.3 is 0 Å². The van der Waals surface area contributed by atoms with Gasteiger partial charge in [0.15, 0.2) is 5.78 Å². The average molecular weight is 432 g/mol. The Balaban J connectivity index is 1.77. The summed E-state index contributed by atoms with van der Waals surface area (Å²) in [6.07, 6.45) is 5.60. The van der Waals surface area contributed by atoms with Crippen molar-refractivity contribution >= 4 is 17.1 Å². The smallest absolute Gasteiger partial charge is 0.166 e. The molecular weight excluding hydrogens is 398 g/mol. The molecule has 0 amide bonds. The fraction of sp³-hybridized carbons (Fsp3) is 0.444. The molecule has 3 N–H and O–H groups in total. The molecule has 0 saturated carbocycles. The number of aryl methyl sites for hydroxylation is 1. The molecule has 4 rings (SSSR count). The van der Waals surface area contributed by atoms with Crippen LogP contribution in [-0.4, -0.2) is 21.6 Å². The number of aliphatic hydroxyl groups is 1. The van der Waals surface area contributed by atoms with Crippen LogP contribution >= 0.6 is 0 Å². The predicted octanol–water partition coefficient (Wildman–Crippen LogP) is 5.47. The first-order valence-corrected chi connectivity index (χ1v) is 11.4. The van der Waals surface area contributed by atoms with Crippen LogP contribution in [0.1, 0.15) is 93.3 Å². The van der Waals surface area contributed by atoms with Crippen molar-refractivity contribution in [2.24, 2.45) is 10.9 Å². The molecule has 0 fully saturated rings. The number of hydrogen-bond donors (Lipinski definition) is 2. The molecule has 0 aliphatic heterocycles. The Bertz CT molecular complexity index is 1140. The highest BCUT2D eigenvalue weighted by molar-refractivity contribution is 6.22. The Labute approximate surface area is 190 Å². The minimum atomic E-state index is -0.0357. The van der Waals surface area contributed by atoms with Crippen LogP contribution in [0.25, 0.3) is 5.57 Å². The Hall–Kier alpha value is -2.95. The number of fused-ring (bicyclic) bond motifs is 1. The molecule has 5 heteroatoms. The SMILES string of the molecule is Cc1cc2c(cc1C(=NN)c1ccc(C3=C(O)CCCC3=O)cn1)C(C)(C)CCC2(C)C. The van der Waals surface area contributed by atoms with Gasteiger partial charge in [0, 0.05) is 30.2 Å². The maximum Gasteiger partial charge on any atom is 0.166 e. The van der Waals surface area contributed by atoms with Crippen molar-refractivity contribution < 1.29 is 9.90 Å². The predicted molar refractivity (Wildman–Crippen MR) is 129 cm³/mol. The molecule has 168 valence electrons. The van der Waals surface area contributed by atoms with E-state index in [9.17, 15) is 9.90 Å². The monoisotopic (exact) mass is 431 g/mol. The number of allylic oxidation sites excluding steroid dienone is 2. The van der Waals surface area contributed by atoms with Crippen LogP contribution < -0.4 is 5.84 Å². The minimum Gasteiger partial charge on any atom is -0.512 e. The molecule has 1 aromatic carbocycles. The second kappa shape index (κ2) is 7.88. The Morgan fingerprint density at radius 2 is 1.72 bits per heavy atom. The van der Waals surface area contributed by atoms with Gasteiger partial charge in [-0.3, -0.25) is 9.78 Å². The third kappa shape index (κ3) is 3.74. The number of pyridine rings is 1. The summed E-state index contributed by atoms with van der Waals surface area (Å²) in [6.45, 7) is 11.3. The summed E-state index contributed by atoms with van der Waals surface area (Å²) in [5.41, 5.74) is 7.35. The number of hydrogen-bond acceptors (Lipinski definition) is 5. The molecule has 1 heterocycles. The zero-order valence-corrected chi connectivity index (χ0v) is 19.7. The van der Waals surface area contributed by atoms with Gasteiger partial charge in [-0.1, -0.05) is 39.8 Å². The molecule has 32 heavy (non-hydrogen) atoms. The van der Waals surface area contributed by atoms with Crippen molar-refractivity contribution in [1.82, 2.24) is 4.98 Å². The van der Waals surface area contributed by atoms with Crippen LogP contribution in [0.15, 0.2) is 41.3 Å². The first-order valence-electron chi connectivity index (χ1n) is 11.4. The number of nitrogens with two attached hydrogens (primary N) is 1. The third-order valence-electron chi connectivity index (χ3n) is 7.26. The van der Waals surface area contributed by atoms with Gasteiger partial charge in [-0.05, 0) is 65.8 Å². The van der Waals surface area contributed by atoms with Gasteiger partial charge < -0.3 is 10.9 Å². The molecule has 0 spiro atoms. The number of ketones is 1. The van der Waals surface area contributed by atoms with E-state index in [1.54, 1.807) is 6.20 Å². The van der Waals surface area contributed by atoms with E-state index in [1.165, 1.54) is 11.1 Å². The summed E-state index contributed by atoms with van der Waals surface area (Å²) in [4.78, 5) is 16.9. The summed E-state index contributed by atoms with van der Waals surface area (Å²) in [7, 11) is 0. The summed E-state index contributed by atoms with van der Waals surface area (Å²) >= 11 is 0. The molecule has 0 bridgehead atoms. The van der Waals surface area contributed by atoms with E-state index < -0.39 is 0 Å². The Morgan fingerprint density at radius 1 is 1.06 bits per heavy atom. The van der Waals surface area contributed by atoms with Crippen LogP contribution in [0.2, 0.25) is 0 Å². The largest absolute Gasteiger partial charge is 0.512 e. The second-order valence-electron chi connectivity index (χ2n) is 10.5. The van der Waals surface area contributed by atoms with Crippen molar-refractivity contribution in [2.75, 3.05) is 0 Å². The van der Waals surface area contributed by atoms with E-state index in [1.807, 2.05) is 12.1 Å². The first kappa shape index (κ1) is 22.3. The zero-order valence-electron chi connectivity index (χ0n) is 19.7. The van der Waals surface area contributed by atoms with Crippen molar-refractivity contribution in [2.45, 2.75) is 77.6 Å². The molecular formula is C27H33N3O2. The molecule has 0 atom stereocenters. The summed E-state index contributed by atoms with van der Waals surface area (Å²) in [6, 6.07) is 8.18. The number of hydrazone groups is 1. The number of carbonyl (C=O) groups excluding carboxylic acids is 1. The second-order valence-corrected chi connectivity index (χ2v) is 10.5. The van der Waals surface area contributed by atoms with Crippen LogP contribution in [0.5, 0.6) is 0 Å². The highest BCUT2D eigenvalue weighted by Gasteiger charge is 2.37. The highest BCUT2D eigenvalue weighted by atomic mass is 16.3. The maximum absolute atomic E-state index is 12.3. The van der Waals surface area contributed by atoms with E-state index in [4.69, 9.17) is 5.84 Å². The van der Waals surface area contributed by atoms with Crippen LogP contribution in [0.3, 0.4) is 0 Å². The van der Waals surface area contributed by atoms with Crippen molar-refractivity contribution in [3.05, 3.63) is 69.7 Å². The van der Waals surface area contributed by atoms with Crippen molar-refractivity contribution in [3.8, 4) is 0 Å². The van der Waals surface area contributed by atoms with Gasteiger partial charge in [0.05, 0.1) is 11.3 Å². The lowest BCUT2D eigenvalue weighted by Crippen LogP contribution is -2.34. The van der Waals surface area contributed by atoms with E-state index in [0.717, 1.165) is 24.0 Å². The van der Waals surface area contributed by atoms with Gasteiger partial charge in [-0.2, -0.15) is 5.10 Å². The standard InChI is InChI=1S/C27H33N3O2/c1-16-13-19-20(27(4,5)12-11-26(19,2)3)14-18(16)25(30-28)21-10-9-17(15-29-21)24-22(31)7-6-8-23(24)32/h9-10,13-15,31H,6-8,11-12,28H2,1-5H3. The van der Waals surface area contributed by atoms with E-state index >= 15 is 0 Å². The Morgan fingerprint density at radius 3 is 2.28 bits per heavy atom. The van der Waals surface area contributed by atoms with Gasteiger partial charge in [0.1, 0.15) is 11.5 Å². The van der Waals surface area contributed by atoms with E-state index in [-0.39, 0.29) is 22.4 Å². The topological polar surface area (TPSA) is 88.6 Å². The number of benzene rings is 1. The summed E-state index contributed by atoms with van der Waals surface area (Å²) < 4.78 is 0. The number of aliphatic hydroxyl groups excluding tert-OH is 1. The molecule has 0 saturated heterocycles. The highest BCUT2D eigenvalue weighted by Crippen LogP contribution is 2.46. The van der Waals surface area contributed by atoms with Crippen LogP contribution in [-0.2, 0) is 15.6 Å². The molecule has 0 unspecified atom stereocenters. The molecule has 0 radical (unpaired) electrons. The van der Waals surface area contributed by atoms with E-state index in [0.29, 0.717) is 41.8 Å². The lowest BCUT2D eigenvalue weighted by molar-refractivity contribution is -0.114. The van der Waals surface area contributed by atoms with Crippen molar-refractivity contribution in [1.29, 1.82) is 0 Å². The summed E-state index contributed by atoms with van der Waals surface area (Å²) in [5.74, 6) is 5.99. The lowest BCUT2D eigenvalue weighted by atomic mass is 9.62.